The van der Waals surface area contributed by atoms with E-state index < -0.39 is 32.6 Å². The summed E-state index contributed by atoms with van der Waals surface area (Å²) in [5.74, 6) is -0.0753. The van der Waals surface area contributed by atoms with Crippen molar-refractivity contribution >= 4 is 39.1 Å². The number of hydrogen-bond acceptors (Lipinski definition) is 4. The Morgan fingerprint density at radius 1 is 1.03 bits per heavy atom. The standard InChI is InChI=1S/C19H17Cl2F3N2O4S/c1-30-16-5-3-13(20)11-14(16)18(27)25-6-8-26(9-7-25)31(28,29)17-10-12(19(22,23)24)2-4-15(17)21/h2-5,10-11H,6-9H2,1H3. The van der Waals surface area contributed by atoms with E-state index in [9.17, 15) is 26.4 Å². The average Bonchev–Trinajstić information content (AvgIpc) is 2.72. The number of hydrogen-bond donors (Lipinski definition) is 0. The normalized spacial score (nSPS) is 15.7. The number of nitrogens with zero attached hydrogens (tertiary/aromatic N) is 2. The highest BCUT2D eigenvalue weighted by Gasteiger charge is 2.36. The Morgan fingerprint density at radius 2 is 1.68 bits per heavy atom. The fourth-order valence-corrected chi connectivity index (χ4v) is 5.26. The second kappa shape index (κ2) is 8.85. The van der Waals surface area contributed by atoms with Gasteiger partial charge >= 0.3 is 6.18 Å². The largest absolute Gasteiger partial charge is 0.496 e. The van der Waals surface area contributed by atoms with Gasteiger partial charge in [-0.25, -0.2) is 8.42 Å². The number of rotatable bonds is 4. The van der Waals surface area contributed by atoms with Gasteiger partial charge in [-0.1, -0.05) is 23.2 Å². The number of sulfonamides is 1. The fourth-order valence-electron chi connectivity index (χ4n) is 3.17. The predicted octanol–water partition coefficient (Wildman–Crippen LogP) is 4.17. The van der Waals surface area contributed by atoms with Gasteiger partial charge in [-0.2, -0.15) is 17.5 Å². The zero-order valence-electron chi connectivity index (χ0n) is 16.1. The highest BCUT2D eigenvalue weighted by molar-refractivity contribution is 7.89. The first-order valence-electron chi connectivity index (χ1n) is 8.95. The lowest BCUT2D eigenvalue weighted by molar-refractivity contribution is -0.137. The zero-order valence-corrected chi connectivity index (χ0v) is 18.4. The number of piperazine rings is 1. The molecule has 2 aromatic rings. The van der Waals surface area contributed by atoms with Crippen LogP contribution in [0.15, 0.2) is 41.3 Å². The van der Waals surface area contributed by atoms with Crippen LogP contribution in [0.25, 0.3) is 0 Å². The van der Waals surface area contributed by atoms with Crippen molar-refractivity contribution in [2.45, 2.75) is 11.1 Å². The molecule has 6 nitrogen and oxygen atoms in total. The number of methoxy groups -OCH3 is 1. The molecular weight excluding hydrogens is 480 g/mol. The Morgan fingerprint density at radius 3 is 2.26 bits per heavy atom. The summed E-state index contributed by atoms with van der Waals surface area (Å²) in [6.07, 6.45) is -4.71. The molecule has 31 heavy (non-hydrogen) atoms. The number of carbonyl (C=O) groups is 1. The third kappa shape index (κ3) is 4.92. The molecule has 0 N–H and O–H groups in total. The summed E-state index contributed by atoms with van der Waals surface area (Å²) in [6, 6.07) is 6.71. The summed E-state index contributed by atoms with van der Waals surface area (Å²) in [5.41, 5.74) is -0.885. The van der Waals surface area contributed by atoms with Crippen LogP contribution in [0.2, 0.25) is 10.0 Å². The number of halogens is 5. The first kappa shape index (κ1) is 23.6. The maximum Gasteiger partial charge on any atom is 0.416 e. The lowest BCUT2D eigenvalue weighted by Gasteiger charge is -2.34. The third-order valence-corrected chi connectivity index (χ3v) is 7.41. The molecule has 0 atom stereocenters. The maximum absolute atomic E-state index is 13.0. The van der Waals surface area contributed by atoms with Crippen LogP contribution in [0.3, 0.4) is 0 Å². The van der Waals surface area contributed by atoms with Gasteiger partial charge in [0.1, 0.15) is 10.6 Å². The van der Waals surface area contributed by atoms with Crippen LogP contribution in [0.4, 0.5) is 13.2 Å². The number of amides is 1. The second-order valence-corrected chi connectivity index (χ2v) is 9.43. The predicted molar refractivity (Wildman–Crippen MR) is 109 cm³/mol. The molecule has 1 amide bonds. The minimum absolute atomic E-state index is 0.0321. The SMILES string of the molecule is COc1ccc(Cl)cc1C(=O)N1CCN(S(=O)(=O)c2cc(C(F)(F)F)ccc2Cl)CC1. The molecule has 2 aromatic carbocycles. The molecule has 1 heterocycles. The molecule has 3 rings (SSSR count). The molecule has 0 aromatic heterocycles. The highest BCUT2D eigenvalue weighted by Crippen LogP contribution is 2.34. The van der Waals surface area contributed by atoms with Gasteiger partial charge in [0.25, 0.3) is 5.91 Å². The molecule has 1 saturated heterocycles. The van der Waals surface area contributed by atoms with Gasteiger partial charge in [-0.15, -0.1) is 0 Å². The van der Waals surface area contributed by atoms with Gasteiger partial charge in [-0.05, 0) is 36.4 Å². The van der Waals surface area contributed by atoms with E-state index in [1.807, 2.05) is 0 Å². The van der Waals surface area contributed by atoms with E-state index in [4.69, 9.17) is 27.9 Å². The Balaban J connectivity index is 1.79. The molecule has 1 fully saturated rings. The summed E-state index contributed by atoms with van der Waals surface area (Å²) < 4.78 is 71.0. The first-order valence-corrected chi connectivity index (χ1v) is 11.1. The van der Waals surface area contributed by atoms with Crippen molar-refractivity contribution in [3.8, 4) is 5.75 Å². The number of carbonyl (C=O) groups excluding carboxylic acids is 1. The number of benzene rings is 2. The van der Waals surface area contributed by atoms with E-state index in [2.05, 4.69) is 0 Å². The van der Waals surface area contributed by atoms with Crippen molar-refractivity contribution in [2.24, 2.45) is 0 Å². The Kier molecular flexibility index (Phi) is 6.75. The lowest BCUT2D eigenvalue weighted by Crippen LogP contribution is -2.50. The van der Waals surface area contributed by atoms with Gasteiger partial charge in [0.15, 0.2) is 0 Å². The smallest absolute Gasteiger partial charge is 0.416 e. The molecule has 168 valence electrons. The Bertz CT molecular complexity index is 1100. The van der Waals surface area contributed by atoms with E-state index in [0.717, 1.165) is 16.4 Å². The number of alkyl halides is 3. The topological polar surface area (TPSA) is 66.9 Å². The van der Waals surface area contributed by atoms with Crippen molar-refractivity contribution in [2.75, 3.05) is 33.3 Å². The van der Waals surface area contributed by atoms with Crippen LogP contribution in [-0.4, -0.2) is 56.8 Å². The van der Waals surface area contributed by atoms with Crippen LogP contribution >= 0.6 is 23.2 Å². The summed E-state index contributed by atoms with van der Waals surface area (Å²) in [6.45, 7) is -0.151. The van der Waals surface area contributed by atoms with Crippen LogP contribution in [0, 0.1) is 0 Å². The minimum atomic E-state index is -4.71. The van der Waals surface area contributed by atoms with Crippen LogP contribution in [0.1, 0.15) is 15.9 Å². The third-order valence-electron chi connectivity index (χ3n) is 4.79. The van der Waals surface area contributed by atoms with Crippen LogP contribution in [0.5, 0.6) is 5.75 Å². The summed E-state index contributed by atoms with van der Waals surface area (Å²) in [7, 11) is -2.89. The van der Waals surface area contributed by atoms with Gasteiger partial charge in [-0.3, -0.25) is 4.79 Å². The molecule has 0 unspecified atom stereocenters. The zero-order chi connectivity index (χ0) is 23.0. The van der Waals surface area contributed by atoms with Crippen molar-refractivity contribution in [3.05, 3.63) is 57.6 Å². The molecule has 0 spiro atoms. The molecule has 1 aliphatic rings. The summed E-state index contributed by atoms with van der Waals surface area (Å²) >= 11 is 11.9. The molecular formula is C19H17Cl2F3N2O4S. The van der Waals surface area contributed by atoms with Crippen LogP contribution in [-0.2, 0) is 16.2 Å². The van der Waals surface area contributed by atoms with E-state index in [-0.39, 0.29) is 36.8 Å². The fraction of sp³-hybridized carbons (Fsp3) is 0.316. The van der Waals surface area contributed by atoms with Crippen molar-refractivity contribution in [1.29, 1.82) is 0 Å². The molecule has 1 aliphatic heterocycles. The quantitative estimate of drug-likeness (QED) is 0.637. The van der Waals surface area contributed by atoms with Crippen molar-refractivity contribution in [1.82, 2.24) is 9.21 Å². The number of ether oxygens (including phenoxy) is 1. The Labute approximate surface area is 187 Å². The molecule has 12 heteroatoms. The van der Waals surface area contributed by atoms with Crippen LogP contribution < -0.4 is 4.74 Å². The monoisotopic (exact) mass is 496 g/mol. The van der Waals surface area contributed by atoms with E-state index in [1.165, 1.54) is 18.1 Å². The van der Waals surface area contributed by atoms with Crippen molar-refractivity contribution < 1.29 is 31.1 Å². The van der Waals surface area contributed by atoms with E-state index >= 15 is 0 Å². The summed E-state index contributed by atoms with van der Waals surface area (Å²) in [4.78, 5) is 13.6. The first-order chi connectivity index (χ1) is 14.4. The maximum atomic E-state index is 13.0. The van der Waals surface area contributed by atoms with Gasteiger partial charge in [0.05, 0.1) is 23.3 Å². The summed E-state index contributed by atoms with van der Waals surface area (Å²) in [5, 5.41) is 0.0275. The van der Waals surface area contributed by atoms with Gasteiger partial charge in [0.2, 0.25) is 10.0 Å². The van der Waals surface area contributed by atoms with Gasteiger partial charge in [0, 0.05) is 31.2 Å². The van der Waals surface area contributed by atoms with E-state index in [1.54, 1.807) is 12.1 Å². The molecule has 0 radical (unpaired) electrons. The Hall–Kier alpha value is -2.01. The average molecular weight is 497 g/mol. The van der Waals surface area contributed by atoms with Gasteiger partial charge < -0.3 is 9.64 Å². The molecule has 0 bridgehead atoms. The van der Waals surface area contributed by atoms with Crippen molar-refractivity contribution in [3.63, 3.8) is 0 Å². The van der Waals surface area contributed by atoms with E-state index in [0.29, 0.717) is 16.8 Å². The lowest BCUT2D eigenvalue weighted by atomic mass is 10.1. The molecule has 0 saturated carbocycles. The highest BCUT2D eigenvalue weighted by atomic mass is 35.5. The molecule has 0 aliphatic carbocycles. The second-order valence-electron chi connectivity index (χ2n) is 6.68. The minimum Gasteiger partial charge on any atom is -0.496 e.